The van der Waals surface area contributed by atoms with Crippen LogP contribution < -0.4 is 10.2 Å². The van der Waals surface area contributed by atoms with Crippen molar-refractivity contribution >= 4 is 27.9 Å². The van der Waals surface area contributed by atoms with Crippen molar-refractivity contribution in [3.8, 4) is 0 Å². The van der Waals surface area contributed by atoms with E-state index in [-0.39, 0.29) is 5.91 Å². The van der Waals surface area contributed by atoms with Gasteiger partial charge in [0.1, 0.15) is 0 Å². The summed E-state index contributed by atoms with van der Waals surface area (Å²) in [5, 5.41) is 6.47. The number of aryl methyl sites for hydroxylation is 1. The second-order valence-corrected chi connectivity index (χ2v) is 8.00. The summed E-state index contributed by atoms with van der Waals surface area (Å²) in [6.45, 7) is 7.20. The highest BCUT2D eigenvalue weighted by Gasteiger charge is 2.27. The highest BCUT2D eigenvalue weighted by atomic mass is 32.1. The minimum absolute atomic E-state index is 0.000745. The predicted octanol–water partition coefficient (Wildman–Crippen LogP) is 3.56. The molecule has 0 saturated carbocycles. The summed E-state index contributed by atoms with van der Waals surface area (Å²) < 4.78 is 0. The van der Waals surface area contributed by atoms with E-state index in [1.54, 1.807) is 6.92 Å². The topological polar surface area (TPSA) is 35.6 Å². The summed E-state index contributed by atoms with van der Waals surface area (Å²) >= 11 is 1.83. The first-order valence-corrected chi connectivity index (χ1v) is 9.98. The SMILES string of the molecule is CC(=O)Nc1ccc2c(c1)C(CN1CCN(c3cccs3)CC1)CC2. The number of fused-ring (bicyclic) bond motifs is 1. The van der Waals surface area contributed by atoms with E-state index in [0.717, 1.165) is 44.8 Å². The molecule has 4 nitrogen and oxygen atoms in total. The van der Waals surface area contributed by atoms with Gasteiger partial charge >= 0.3 is 0 Å². The van der Waals surface area contributed by atoms with Crippen molar-refractivity contribution in [1.29, 1.82) is 0 Å². The number of rotatable bonds is 4. The summed E-state index contributed by atoms with van der Waals surface area (Å²) in [5.41, 5.74) is 3.82. The lowest BCUT2D eigenvalue weighted by molar-refractivity contribution is -0.114. The molecule has 2 aliphatic rings. The smallest absolute Gasteiger partial charge is 0.221 e. The summed E-state index contributed by atoms with van der Waals surface area (Å²) in [4.78, 5) is 16.4. The van der Waals surface area contributed by atoms with Crippen LogP contribution in [-0.2, 0) is 11.2 Å². The first-order chi connectivity index (χ1) is 12.2. The second kappa shape index (κ2) is 7.18. The zero-order valence-corrected chi connectivity index (χ0v) is 15.5. The Kier molecular flexibility index (Phi) is 4.77. The minimum Gasteiger partial charge on any atom is -0.361 e. The van der Waals surface area contributed by atoms with Crippen LogP contribution in [0.2, 0.25) is 0 Å². The Morgan fingerprint density at radius 3 is 2.80 bits per heavy atom. The van der Waals surface area contributed by atoms with E-state index in [4.69, 9.17) is 0 Å². The van der Waals surface area contributed by atoms with Crippen molar-refractivity contribution in [1.82, 2.24) is 4.90 Å². The van der Waals surface area contributed by atoms with Gasteiger partial charge < -0.3 is 10.2 Å². The molecule has 2 heterocycles. The van der Waals surface area contributed by atoms with Crippen LogP contribution in [0.3, 0.4) is 0 Å². The molecule has 0 bridgehead atoms. The Balaban J connectivity index is 1.38. The summed E-state index contributed by atoms with van der Waals surface area (Å²) in [6.07, 6.45) is 2.39. The standard InChI is InChI=1S/C20H25N3OS/c1-15(24)21-18-7-6-16-4-5-17(19(16)13-18)14-22-8-10-23(11-9-22)20-3-2-12-25-20/h2-3,6-7,12-13,17H,4-5,8-11,14H2,1H3,(H,21,24). The van der Waals surface area contributed by atoms with Gasteiger partial charge in [0.15, 0.2) is 0 Å². The van der Waals surface area contributed by atoms with E-state index < -0.39 is 0 Å². The highest BCUT2D eigenvalue weighted by molar-refractivity contribution is 7.14. The molecule has 5 heteroatoms. The van der Waals surface area contributed by atoms with Gasteiger partial charge in [-0.25, -0.2) is 0 Å². The molecule has 1 atom stereocenters. The zero-order chi connectivity index (χ0) is 17.2. The monoisotopic (exact) mass is 355 g/mol. The molecule has 1 amide bonds. The number of thiophene rings is 1. The third-order valence-electron chi connectivity index (χ3n) is 5.34. The fourth-order valence-corrected chi connectivity index (χ4v) is 4.86. The number of piperazine rings is 1. The number of carbonyl (C=O) groups excluding carboxylic acids is 1. The largest absolute Gasteiger partial charge is 0.361 e. The molecule has 1 unspecified atom stereocenters. The Hall–Kier alpha value is -1.85. The molecule has 1 fully saturated rings. The number of carbonyl (C=O) groups is 1. The van der Waals surface area contributed by atoms with Crippen molar-refractivity contribution < 1.29 is 4.79 Å². The van der Waals surface area contributed by atoms with Crippen molar-refractivity contribution in [2.24, 2.45) is 0 Å². The van der Waals surface area contributed by atoms with E-state index in [1.165, 1.54) is 22.5 Å². The molecular formula is C20H25N3OS. The Morgan fingerprint density at radius 2 is 2.08 bits per heavy atom. The Morgan fingerprint density at radius 1 is 1.24 bits per heavy atom. The van der Waals surface area contributed by atoms with Crippen LogP contribution in [0.1, 0.15) is 30.4 Å². The molecule has 1 aliphatic carbocycles. The van der Waals surface area contributed by atoms with Gasteiger partial charge in [0.2, 0.25) is 5.91 Å². The van der Waals surface area contributed by atoms with Crippen molar-refractivity contribution in [2.45, 2.75) is 25.7 Å². The third-order valence-corrected chi connectivity index (χ3v) is 6.27. The zero-order valence-electron chi connectivity index (χ0n) is 14.7. The molecule has 1 aliphatic heterocycles. The van der Waals surface area contributed by atoms with E-state index >= 15 is 0 Å². The van der Waals surface area contributed by atoms with Crippen molar-refractivity contribution in [2.75, 3.05) is 42.9 Å². The number of nitrogens with zero attached hydrogens (tertiary/aromatic N) is 2. The van der Waals surface area contributed by atoms with Gasteiger partial charge in [-0.05, 0) is 59.5 Å². The molecule has 132 valence electrons. The van der Waals surface area contributed by atoms with Gasteiger partial charge in [-0.1, -0.05) is 6.07 Å². The van der Waals surface area contributed by atoms with E-state index in [9.17, 15) is 4.79 Å². The molecule has 1 aromatic heterocycles. The van der Waals surface area contributed by atoms with Gasteiger partial charge in [0, 0.05) is 45.3 Å². The normalized spacial score (nSPS) is 20.5. The van der Waals surface area contributed by atoms with Gasteiger partial charge in [-0.2, -0.15) is 0 Å². The molecular weight excluding hydrogens is 330 g/mol. The van der Waals surface area contributed by atoms with Gasteiger partial charge in [-0.15, -0.1) is 11.3 Å². The highest BCUT2D eigenvalue weighted by Crippen LogP contribution is 2.35. The van der Waals surface area contributed by atoms with Crippen LogP contribution >= 0.6 is 11.3 Å². The fourth-order valence-electron chi connectivity index (χ4n) is 4.07. The molecule has 1 aromatic carbocycles. The number of benzene rings is 1. The molecule has 1 saturated heterocycles. The quantitative estimate of drug-likeness (QED) is 0.911. The van der Waals surface area contributed by atoms with Crippen LogP contribution in [0.4, 0.5) is 10.7 Å². The summed E-state index contributed by atoms with van der Waals surface area (Å²) in [5.74, 6) is 0.594. The molecule has 0 spiro atoms. The number of hydrogen-bond donors (Lipinski definition) is 1. The number of amides is 1. The van der Waals surface area contributed by atoms with Crippen LogP contribution in [0.15, 0.2) is 35.7 Å². The fraction of sp³-hybridized carbons (Fsp3) is 0.450. The maximum absolute atomic E-state index is 11.3. The lowest BCUT2D eigenvalue weighted by Gasteiger charge is -2.36. The van der Waals surface area contributed by atoms with E-state index in [1.807, 2.05) is 17.4 Å². The average molecular weight is 356 g/mol. The molecule has 1 N–H and O–H groups in total. The maximum atomic E-state index is 11.3. The molecule has 4 rings (SSSR count). The van der Waals surface area contributed by atoms with Crippen molar-refractivity contribution in [3.63, 3.8) is 0 Å². The minimum atomic E-state index is -0.000745. The average Bonchev–Trinajstić information content (AvgIpc) is 3.26. The Labute approximate surface area is 153 Å². The molecule has 25 heavy (non-hydrogen) atoms. The molecule has 0 radical (unpaired) electrons. The number of hydrogen-bond acceptors (Lipinski definition) is 4. The van der Waals surface area contributed by atoms with Crippen LogP contribution in [-0.4, -0.2) is 43.5 Å². The van der Waals surface area contributed by atoms with Crippen LogP contribution in [0.5, 0.6) is 0 Å². The molecule has 2 aromatic rings. The summed E-state index contributed by atoms with van der Waals surface area (Å²) in [6, 6.07) is 10.8. The lowest BCUT2D eigenvalue weighted by Crippen LogP contribution is -2.47. The van der Waals surface area contributed by atoms with Gasteiger partial charge in [0.05, 0.1) is 5.00 Å². The van der Waals surface area contributed by atoms with E-state index in [2.05, 4.69) is 44.8 Å². The first-order valence-electron chi connectivity index (χ1n) is 9.10. The summed E-state index contributed by atoms with van der Waals surface area (Å²) in [7, 11) is 0. The number of nitrogens with one attached hydrogen (secondary N) is 1. The Bertz CT molecular complexity index is 735. The van der Waals surface area contributed by atoms with Crippen molar-refractivity contribution in [3.05, 3.63) is 46.8 Å². The van der Waals surface area contributed by atoms with Gasteiger partial charge in [-0.3, -0.25) is 9.69 Å². The van der Waals surface area contributed by atoms with Crippen LogP contribution in [0.25, 0.3) is 0 Å². The van der Waals surface area contributed by atoms with Gasteiger partial charge in [0.25, 0.3) is 0 Å². The second-order valence-electron chi connectivity index (χ2n) is 7.07. The van der Waals surface area contributed by atoms with Crippen LogP contribution in [0, 0.1) is 0 Å². The number of anilines is 2. The van der Waals surface area contributed by atoms with E-state index in [0.29, 0.717) is 5.92 Å². The third kappa shape index (κ3) is 3.72. The maximum Gasteiger partial charge on any atom is 0.221 e. The first kappa shape index (κ1) is 16.6. The lowest BCUT2D eigenvalue weighted by atomic mass is 9.99. The predicted molar refractivity (Wildman–Crippen MR) is 105 cm³/mol.